The van der Waals surface area contributed by atoms with Crippen LogP contribution in [0.25, 0.3) is 0 Å². The van der Waals surface area contributed by atoms with Gasteiger partial charge in [-0.2, -0.15) is 5.10 Å². The monoisotopic (exact) mass is 371 g/mol. The van der Waals surface area contributed by atoms with Crippen LogP contribution in [0.1, 0.15) is 36.7 Å². The molecular formula is C20H29N5O2. The van der Waals surface area contributed by atoms with Crippen LogP contribution in [0.5, 0.6) is 0 Å². The number of aromatic nitrogens is 3. The van der Waals surface area contributed by atoms with Gasteiger partial charge in [-0.3, -0.25) is 9.36 Å². The number of hydrogen-bond donors (Lipinski definition) is 2. The first-order valence-corrected chi connectivity index (χ1v) is 9.72. The van der Waals surface area contributed by atoms with E-state index in [0.29, 0.717) is 12.5 Å². The molecule has 1 fully saturated rings. The molecule has 0 saturated carbocycles. The largest absolute Gasteiger partial charge is 0.346 e. The van der Waals surface area contributed by atoms with Crippen molar-refractivity contribution in [2.45, 2.75) is 53.1 Å². The van der Waals surface area contributed by atoms with Gasteiger partial charge in [0.25, 0.3) is 0 Å². The van der Waals surface area contributed by atoms with Crippen LogP contribution in [0.15, 0.2) is 23.0 Å². The lowest BCUT2D eigenvalue weighted by atomic mass is 9.94. The number of rotatable bonds is 6. The van der Waals surface area contributed by atoms with E-state index in [1.54, 1.807) is 4.57 Å². The highest BCUT2D eigenvalue weighted by atomic mass is 16.2. The topological polar surface area (TPSA) is 81.0 Å². The Morgan fingerprint density at radius 1 is 1.30 bits per heavy atom. The number of amides is 1. The summed E-state index contributed by atoms with van der Waals surface area (Å²) in [6.45, 7) is 8.39. The average molecular weight is 371 g/mol. The van der Waals surface area contributed by atoms with Crippen LogP contribution < -0.4 is 16.3 Å². The molecule has 0 spiro atoms. The van der Waals surface area contributed by atoms with Crippen LogP contribution >= 0.6 is 0 Å². The molecule has 146 valence electrons. The maximum Gasteiger partial charge on any atom is 0.346 e. The summed E-state index contributed by atoms with van der Waals surface area (Å²) in [5.41, 5.74) is 2.63. The zero-order valence-electron chi connectivity index (χ0n) is 16.4. The van der Waals surface area contributed by atoms with Gasteiger partial charge in [-0.1, -0.05) is 12.1 Å². The van der Waals surface area contributed by atoms with Gasteiger partial charge in [0.1, 0.15) is 12.4 Å². The minimum Gasteiger partial charge on any atom is -0.324 e. The van der Waals surface area contributed by atoms with E-state index < -0.39 is 0 Å². The maximum atomic E-state index is 12.6. The molecule has 7 nitrogen and oxygen atoms in total. The molecule has 1 aliphatic rings. The first kappa shape index (κ1) is 19.4. The smallest absolute Gasteiger partial charge is 0.324 e. The molecule has 2 N–H and O–H groups in total. The van der Waals surface area contributed by atoms with E-state index in [2.05, 4.69) is 15.7 Å². The van der Waals surface area contributed by atoms with E-state index in [-0.39, 0.29) is 18.1 Å². The van der Waals surface area contributed by atoms with Gasteiger partial charge in [-0.05, 0) is 69.8 Å². The van der Waals surface area contributed by atoms with E-state index in [4.69, 9.17) is 0 Å². The summed E-state index contributed by atoms with van der Waals surface area (Å²) in [6.07, 6.45) is 2.98. The third-order valence-electron chi connectivity index (χ3n) is 5.21. The summed E-state index contributed by atoms with van der Waals surface area (Å²) >= 11 is 0. The second-order valence-corrected chi connectivity index (χ2v) is 7.36. The highest BCUT2D eigenvalue weighted by Crippen LogP contribution is 2.17. The molecule has 27 heavy (non-hydrogen) atoms. The van der Waals surface area contributed by atoms with E-state index in [9.17, 15) is 9.59 Å². The van der Waals surface area contributed by atoms with Crippen molar-refractivity contribution in [3.63, 3.8) is 0 Å². The van der Waals surface area contributed by atoms with Gasteiger partial charge in [0.2, 0.25) is 5.91 Å². The molecule has 0 radical (unpaired) electrons. The van der Waals surface area contributed by atoms with Gasteiger partial charge in [-0.15, -0.1) is 0 Å². The fourth-order valence-electron chi connectivity index (χ4n) is 3.60. The van der Waals surface area contributed by atoms with Crippen LogP contribution in [0.3, 0.4) is 0 Å². The van der Waals surface area contributed by atoms with Crippen molar-refractivity contribution in [3.8, 4) is 0 Å². The molecule has 2 aromatic rings. The summed E-state index contributed by atoms with van der Waals surface area (Å²) in [7, 11) is 0. The summed E-state index contributed by atoms with van der Waals surface area (Å²) in [5.74, 6) is 1.09. The average Bonchev–Trinajstić information content (AvgIpc) is 2.93. The predicted octanol–water partition coefficient (Wildman–Crippen LogP) is 1.86. The van der Waals surface area contributed by atoms with Gasteiger partial charge in [0.15, 0.2) is 0 Å². The fraction of sp³-hybridized carbons (Fsp3) is 0.550. The van der Waals surface area contributed by atoms with Gasteiger partial charge < -0.3 is 10.6 Å². The van der Waals surface area contributed by atoms with Gasteiger partial charge in [0, 0.05) is 18.7 Å². The van der Waals surface area contributed by atoms with E-state index >= 15 is 0 Å². The Kier molecular flexibility index (Phi) is 6.11. The molecule has 0 bridgehead atoms. The number of nitrogens with zero attached hydrogens (tertiary/aromatic N) is 3. The molecule has 1 amide bonds. The number of piperidine rings is 1. The number of nitrogens with one attached hydrogen (secondary N) is 2. The Hall–Kier alpha value is -2.41. The zero-order valence-corrected chi connectivity index (χ0v) is 16.4. The summed E-state index contributed by atoms with van der Waals surface area (Å²) in [5, 5.41) is 10.7. The number of benzene rings is 1. The van der Waals surface area contributed by atoms with Gasteiger partial charge >= 0.3 is 5.69 Å². The van der Waals surface area contributed by atoms with Crippen molar-refractivity contribution in [1.82, 2.24) is 19.7 Å². The molecule has 0 aliphatic carbocycles. The minimum absolute atomic E-state index is 0.0710. The van der Waals surface area contributed by atoms with Crippen LogP contribution in [0.2, 0.25) is 0 Å². The van der Waals surface area contributed by atoms with Crippen LogP contribution in [-0.4, -0.2) is 33.3 Å². The first-order valence-electron chi connectivity index (χ1n) is 9.72. The molecule has 2 heterocycles. The highest BCUT2D eigenvalue weighted by Gasteiger charge is 2.20. The van der Waals surface area contributed by atoms with Crippen molar-refractivity contribution in [3.05, 3.63) is 45.6 Å². The molecule has 1 aromatic carbocycles. The quantitative estimate of drug-likeness (QED) is 0.812. The van der Waals surface area contributed by atoms with Crippen molar-refractivity contribution >= 4 is 11.6 Å². The molecule has 0 unspecified atom stereocenters. The normalized spacial score (nSPS) is 15.1. The summed E-state index contributed by atoms with van der Waals surface area (Å²) in [4.78, 5) is 25.1. The second-order valence-electron chi connectivity index (χ2n) is 7.36. The summed E-state index contributed by atoms with van der Waals surface area (Å²) < 4.78 is 2.98. The third kappa shape index (κ3) is 4.66. The number of hydrogen-bond acceptors (Lipinski definition) is 4. The van der Waals surface area contributed by atoms with Crippen LogP contribution in [0.4, 0.5) is 5.69 Å². The second kappa shape index (κ2) is 8.52. The Labute approximate surface area is 159 Å². The minimum atomic E-state index is -0.236. The number of carbonyl (C=O) groups excluding carboxylic acids is 1. The molecule has 0 atom stereocenters. The number of anilines is 1. The lowest BCUT2D eigenvalue weighted by Crippen LogP contribution is -2.31. The maximum absolute atomic E-state index is 12.6. The van der Waals surface area contributed by atoms with Crippen molar-refractivity contribution in [2.24, 2.45) is 5.92 Å². The standard InChI is InChI=1S/C20H29N5O2/c1-4-24-18(12-16-7-9-21-10-8-16)23-25(20(24)27)13-19(26)22-17-11-14(2)5-6-15(17)3/h5-6,11,16,21H,4,7-10,12-13H2,1-3H3,(H,22,26). The van der Waals surface area contributed by atoms with E-state index in [1.165, 1.54) is 4.68 Å². The zero-order chi connectivity index (χ0) is 19.4. The molecule has 1 aliphatic heterocycles. The lowest BCUT2D eigenvalue weighted by Gasteiger charge is -2.21. The summed E-state index contributed by atoms with van der Waals surface area (Å²) in [6, 6.07) is 5.91. The molecule has 1 aromatic heterocycles. The fourth-order valence-corrected chi connectivity index (χ4v) is 3.60. The molecule has 1 saturated heterocycles. The highest BCUT2D eigenvalue weighted by molar-refractivity contribution is 5.91. The Balaban J connectivity index is 1.73. The predicted molar refractivity (Wildman–Crippen MR) is 106 cm³/mol. The van der Waals surface area contributed by atoms with Crippen molar-refractivity contribution in [1.29, 1.82) is 0 Å². The molecule has 7 heteroatoms. The SMILES string of the molecule is CCn1c(CC2CCNCC2)nn(CC(=O)Nc2cc(C)ccc2C)c1=O. The van der Waals surface area contributed by atoms with Crippen LogP contribution in [0, 0.1) is 19.8 Å². The first-order chi connectivity index (χ1) is 13.0. The van der Waals surface area contributed by atoms with Gasteiger partial charge in [-0.25, -0.2) is 9.48 Å². The Morgan fingerprint density at radius 3 is 2.74 bits per heavy atom. The number of carbonyl (C=O) groups is 1. The van der Waals surface area contributed by atoms with E-state index in [0.717, 1.165) is 55.0 Å². The van der Waals surface area contributed by atoms with Gasteiger partial charge in [0.05, 0.1) is 0 Å². The van der Waals surface area contributed by atoms with Crippen LogP contribution in [-0.2, 0) is 24.3 Å². The molecular weight excluding hydrogens is 342 g/mol. The number of aryl methyl sites for hydroxylation is 2. The Bertz CT molecular complexity index is 862. The lowest BCUT2D eigenvalue weighted by molar-refractivity contribution is -0.117. The van der Waals surface area contributed by atoms with Crippen molar-refractivity contribution < 1.29 is 4.79 Å². The molecule has 3 rings (SSSR count). The van der Waals surface area contributed by atoms with E-state index in [1.807, 2.05) is 39.0 Å². The Morgan fingerprint density at radius 2 is 2.04 bits per heavy atom. The third-order valence-corrected chi connectivity index (χ3v) is 5.21. The van der Waals surface area contributed by atoms with Crippen molar-refractivity contribution in [2.75, 3.05) is 18.4 Å².